The van der Waals surface area contributed by atoms with Crippen LogP contribution in [0.5, 0.6) is 0 Å². The number of hydrogen-bond donors (Lipinski definition) is 0. The van der Waals surface area contributed by atoms with Gasteiger partial charge in [0, 0.05) is 6.92 Å². The molecule has 0 saturated heterocycles. The molecule has 0 spiro atoms. The molecule has 0 N–H and O–H groups in total. The fourth-order valence-corrected chi connectivity index (χ4v) is 4.26. The van der Waals surface area contributed by atoms with Crippen LogP contribution in [-0.4, -0.2) is 12.1 Å². The minimum atomic E-state index is -0.0836. The molecule has 5 atom stereocenters. The molecule has 0 unspecified atom stereocenters. The fourth-order valence-electron chi connectivity index (χ4n) is 4.26. The highest BCUT2D eigenvalue weighted by Crippen LogP contribution is 2.57. The summed E-state index contributed by atoms with van der Waals surface area (Å²) in [6.45, 7) is 1.54. The van der Waals surface area contributed by atoms with E-state index in [4.69, 9.17) is 4.74 Å². The Balaban J connectivity index is 1.78. The molecule has 0 radical (unpaired) electrons. The Bertz CT molecular complexity index is 259. The molecule has 0 amide bonds. The lowest BCUT2D eigenvalue weighted by atomic mass is 9.78. The number of carbonyl (C=O) groups is 1. The molecule has 3 fully saturated rings. The first-order valence-corrected chi connectivity index (χ1v) is 5.91. The fraction of sp³-hybridized carbons (Fsp3) is 0.917. The summed E-state index contributed by atoms with van der Waals surface area (Å²) in [6.07, 6.45) is 6.95. The summed E-state index contributed by atoms with van der Waals surface area (Å²) >= 11 is 0. The standard InChI is InChI=1S/C12H18O2/c1-7(13)14-12-6-8-4-9-2-3-10(12)11(9)5-8/h8-12H,2-6H2,1H3/t8-,9+,10+,11-,12+/m1/s1. The van der Waals surface area contributed by atoms with Crippen molar-refractivity contribution in [3.05, 3.63) is 0 Å². The summed E-state index contributed by atoms with van der Waals surface area (Å²) in [6, 6.07) is 0. The van der Waals surface area contributed by atoms with Gasteiger partial charge in [-0.3, -0.25) is 4.79 Å². The summed E-state index contributed by atoms with van der Waals surface area (Å²) in [4.78, 5) is 11.0. The molecule has 0 aromatic heterocycles. The maximum Gasteiger partial charge on any atom is 0.302 e. The smallest absolute Gasteiger partial charge is 0.302 e. The second-order valence-corrected chi connectivity index (χ2v) is 5.39. The highest BCUT2D eigenvalue weighted by molar-refractivity contribution is 5.66. The second-order valence-electron chi connectivity index (χ2n) is 5.39. The van der Waals surface area contributed by atoms with E-state index >= 15 is 0 Å². The van der Waals surface area contributed by atoms with Gasteiger partial charge in [0.15, 0.2) is 0 Å². The van der Waals surface area contributed by atoms with Crippen molar-refractivity contribution in [2.45, 2.75) is 45.1 Å². The molecule has 78 valence electrons. The molecule has 3 aliphatic carbocycles. The topological polar surface area (TPSA) is 26.3 Å². The Morgan fingerprint density at radius 1 is 1.14 bits per heavy atom. The Morgan fingerprint density at radius 3 is 2.79 bits per heavy atom. The molecule has 2 bridgehead atoms. The Labute approximate surface area is 85.0 Å². The van der Waals surface area contributed by atoms with Crippen molar-refractivity contribution in [1.82, 2.24) is 0 Å². The third-order valence-corrected chi connectivity index (χ3v) is 4.63. The van der Waals surface area contributed by atoms with Crippen LogP contribution in [0.2, 0.25) is 0 Å². The van der Waals surface area contributed by atoms with Gasteiger partial charge in [-0.1, -0.05) is 0 Å². The van der Waals surface area contributed by atoms with Crippen molar-refractivity contribution in [1.29, 1.82) is 0 Å². The zero-order chi connectivity index (χ0) is 9.71. The molecule has 3 saturated carbocycles. The molecule has 0 aliphatic heterocycles. The van der Waals surface area contributed by atoms with Crippen LogP contribution in [0.15, 0.2) is 0 Å². The molecule has 0 aromatic carbocycles. The minimum absolute atomic E-state index is 0.0836. The number of rotatable bonds is 1. The number of carbonyl (C=O) groups excluding carboxylic acids is 1. The van der Waals surface area contributed by atoms with Crippen molar-refractivity contribution < 1.29 is 9.53 Å². The van der Waals surface area contributed by atoms with Crippen molar-refractivity contribution in [2.24, 2.45) is 23.7 Å². The lowest BCUT2D eigenvalue weighted by Crippen LogP contribution is -2.33. The van der Waals surface area contributed by atoms with E-state index < -0.39 is 0 Å². The predicted octanol–water partition coefficient (Wildman–Crippen LogP) is 2.37. The molecule has 3 aliphatic rings. The van der Waals surface area contributed by atoms with E-state index in [2.05, 4.69) is 0 Å². The summed E-state index contributed by atoms with van der Waals surface area (Å²) in [5.74, 6) is 3.37. The van der Waals surface area contributed by atoms with Crippen LogP contribution in [0.3, 0.4) is 0 Å². The SMILES string of the molecule is CC(=O)O[C@H]1C[C@@H]2C[C@@H]3CC[C@H]1[C@@H]3C2. The van der Waals surface area contributed by atoms with Crippen LogP contribution in [-0.2, 0) is 9.53 Å². The average Bonchev–Trinajstić information content (AvgIpc) is 2.56. The maximum absolute atomic E-state index is 11.0. The summed E-state index contributed by atoms with van der Waals surface area (Å²) < 4.78 is 5.46. The predicted molar refractivity (Wildman–Crippen MR) is 52.6 cm³/mol. The van der Waals surface area contributed by atoms with Gasteiger partial charge in [-0.05, 0) is 55.8 Å². The van der Waals surface area contributed by atoms with Gasteiger partial charge in [-0.15, -0.1) is 0 Å². The first-order valence-electron chi connectivity index (χ1n) is 5.91. The zero-order valence-electron chi connectivity index (χ0n) is 8.74. The maximum atomic E-state index is 11.0. The average molecular weight is 194 g/mol. The van der Waals surface area contributed by atoms with E-state index in [0.29, 0.717) is 5.92 Å². The van der Waals surface area contributed by atoms with Crippen LogP contribution in [0.1, 0.15) is 39.0 Å². The molecular formula is C12H18O2. The monoisotopic (exact) mass is 194 g/mol. The van der Waals surface area contributed by atoms with Crippen molar-refractivity contribution in [3.63, 3.8) is 0 Å². The highest BCUT2D eigenvalue weighted by atomic mass is 16.5. The Morgan fingerprint density at radius 2 is 2.00 bits per heavy atom. The van der Waals surface area contributed by atoms with Gasteiger partial charge in [0.05, 0.1) is 0 Å². The van der Waals surface area contributed by atoms with Crippen LogP contribution in [0.4, 0.5) is 0 Å². The molecule has 2 heteroatoms. The van der Waals surface area contributed by atoms with Gasteiger partial charge in [0.1, 0.15) is 6.10 Å². The molecule has 3 rings (SSSR count). The van der Waals surface area contributed by atoms with Crippen LogP contribution in [0, 0.1) is 23.7 Å². The van der Waals surface area contributed by atoms with E-state index in [-0.39, 0.29) is 12.1 Å². The van der Waals surface area contributed by atoms with Crippen molar-refractivity contribution >= 4 is 5.97 Å². The van der Waals surface area contributed by atoms with Gasteiger partial charge in [-0.25, -0.2) is 0 Å². The minimum Gasteiger partial charge on any atom is -0.462 e. The number of ether oxygens (including phenoxy) is 1. The molecule has 2 nitrogen and oxygen atoms in total. The van der Waals surface area contributed by atoms with E-state index in [0.717, 1.165) is 24.2 Å². The first kappa shape index (κ1) is 8.75. The quantitative estimate of drug-likeness (QED) is 0.599. The number of fused-ring (bicyclic) bond motifs is 1. The highest BCUT2D eigenvalue weighted by Gasteiger charge is 2.51. The molecule has 0 aromatic rings. The Hall–Kier alpha value is -0.530. The number of esters is 1. The molecule has 14 heavy (non-hydrogen) atoms. The summed E-state index contributed by atoms with van der Waals surface area (Å²) in [7, 11) is 0. The van der Waals surface area contributed by atoms with Gasteiger partial charge in [0.25, 0.3) is 0 Å². The van der Waals surface area contributed by atoms with Crippen LogP contribution >= 0.6 is 0 Å². The van der Waals surface area contributed by atoms with Crippen LogP contribution < -0.4 is 0 Å². The number of hydrogen-bond acceptors (Lipinski definition) is 2. The molecule has 0 heterocycles. The Kier molecular flexibility index (Phi) is 1.86. The third kappa shape index (κ3) is 1.19. The van der Waals surface area contributed by atoms with E-state index in [1.54, 1.807) is 6.92 Å². The van der Waals surface area contributed by atoms with Gasteiger partial charge < -0.3 is 4.74 Å². The third-order valence-electron chi connectivity index (χ3n) is 4.63. The molecular weight excluding hydrogens is 176 g/mol. The van der Waals surface area contributed by atoms with E-state index in [9.17, 15) is 4.79 Å². The summed E-state index contributed by atoms with van der Waals surface area (Å²) in [5, 5.41) is 0. The van der Waals surface area contributed by atoms with Gasteiger partial charge in [-0.2, -0.15) is 0 Å². The van der Waals surface area contributed by atoms with Crippen molar-refractivity contribution in [3.8, 4) is 0 Å². The lowest BCUT2D eigenvalue weighted by Gasteiger charge is -2.33. The second kappa shape index (κ2) is 2.98. The normalized spacial score (nSPS) is 49.4. The first-order chi connectivity index (χ1) is 6.74. The summed E-state index contributed by atoms with van der Waals surface area (Å²) in [5.41, 5.74) is 0. The van der Waals surface area contributed by atoms with Gasteiger partial charge in [0.2, 0.25) is 0 Å². The van der Waals surface area contributed by atoms with E-state index in [1.165, 1.54) is 25.7 Å². The van der Waals surface area contributed by atoms with Crippen molar-refractivity contribution in [2.75, 3.05) is 0 Å². The zero-order valence-corrected chi connectivity index (χ0v) is 8.74. The van der Waals surface area contributed by atoms with E-state index in [1.807, 2.05) is 0 Å². The van der Waals surface area contributed by atoms with Crippen LogP contribution in [0.25, 0.3) is 0 Å². The van der Waals surface area contributed by atoms with Gasteiger partial charge >= 0.3 is 5.97 Å². The lowest BCUT2D eigenvalue weighted by molar-refractivity contribution is -0.152. The largest absolute Gasteiger partial charge is 0.462 e.